The van der Waals surface area contributed by atoms with E-state index in [0.29, 0.717) is 30.7 Å². The first-order chi connectivity index (χ1) is 12.8. The van der Waals surface area contributed by atoms with E-state index in [2.05, 4.69) is 0 Å². The summed E-state index contributed by atoms with van der Waals surface area (Å²) >= 11 is 0. The highest BCUT2D eigenvalue weighted by Gasteiger charge is 2.29. The highest BCUT2D eigenvalue weighted by atomic mass is 16.5. The van der Waals surface area contributed by atoms with Crippen molar-refractivity contribution < 1.29 is 29.0 Å². The monoisotopic (exact) mass is 377 g/mol. The van der Waals surface area contributed by atoms with Crippen LogP contribution < -0.4 is 10.5 Å². The van der Waals surface area contributed by atoms with Gasteiger partial charge in [-0.25, -0.2) is 0 Å². The smallest absolute Gasteiger partial charge is 0.308 e. The molecule has 146 valence electrons. The molecule has 9 heteroatoms. The minimum Gasteiger partial charge on any atom is -0.484 e. The third-order valence-corrected chi connectivity index (χ3v) is 4.32. The van der Waals surface area contributed by atoms with E-state index in [9.17, 15) is 19.2 Å². The first kappa shape index (κ1) is 20.2. The number of hydrogen-bond donors (Lipinski definition) is 2. The molecule has 3 N–H and O–H groups in total. The predicted octanol–water partition coefficient (Wildman–Crippen LogP) is -0.0541. The zero-order valence-corrected chi connectivity index (χ0v) is 15.1. The Hall–Kier alpha value is -3.10. The summed E-state index contributed by atoms with van der Waals surface area (Å²) in [6.45, 7) is 0.276. The summed E-state index contributed by atoms with van der Waals surface area (Å²) in [6.07, 6.45) is 1.19. The van der Waals surface area contributed by atoms with Gasteiger partial charge in [-0.2, -0.15) is 0 Å². The van der Waals surface area contributed by atoms with Crippen LogP contribution in [0.15, 0.2) is 24.3 Å². The molecule has 0 bridgehead atoms. The van der Waals surface area contributed by atoms with Crippen LogP contribution in [-0.4, -0.2) is 71.9 Å². The molecule has 1 aromatic rings. The summed E-state index contributed by atoms with van der Waals surface area (Å²) in [5.74, 6) is -2.30. The number of hydrogen-bond acceptors (Lipinski definition) is 5. The number of amides is 3. The number of likely N-dealkylation sites (N-methyl/N-ethyl adjacent to an activating group) is 1. The number of ether oxygens (including phenoxy) is 1. The number of benzene rings is 1. The lowest BCUT2D eigenvalue weighted by atomic mass is 9.98. The third-order valence-electron chi connectivity index (χ3n) is 4.32. The van der Waals surface area contributed by atoms with Crippen molar-refractivity contribution in [3.05, 3.63) is 29.8 Å². The molecule has 1 atom stereocenters. The lowest BCUT2D eigenvalue weighted by Crippen LogP contribution is -2.46. The SMILES string of the molecule is CN(CC(=O)N1CCCC(C(=O)O)C1)C(=O)c1ccc(OCC(N)=O)cc1. The van der Waals surface area contributed by atoms with Gasteiger partial charge in [-0.15, -0.1) is 0 Å². The molecule has 9 nitrogen and oxygen atoms in total. The minimum atomic E-state index is -0.907. The van der Waals surface area contributed by atoms with Gasteiger partial charge in [-0.1, -0.05) is 0 Å². The van der Waals surface area contributed by atoms with E-state index in [1.165, 1.54) is 41.1 Å². The second-order valence-corrected chi connectivity index (χ2v) is 6.46. The molecular weight excluding hydrogens is 354 g/mol. The van der Waals surface area contributed by atoms with E-state index < -0.39 is 17.8 Å². The van der Waals surface area contributed by atoms with E-state index in [-0.39, 0.29) is 31.5 Å². The number of nitrogens with two attached hydrogens (primary N) is 1. The largest absolute Gasteiger partial charge is 0.484 e. The highest BCUT2D eigenvalue weighted by Crippen LogP contribution is 2.17. The fourth-order valence-corrected chi connectivity index (χ4v) is 2.85. The maximum Gasteiger partial charge on any atom is 0.308 e. The van der Waals surface area contributed by atoms with Gasteiger partial charge < -0.3 is 25.4 Å². The van der Waals surface area contributed by atoms with Gasteiger partial charge in [0.25, 0.3) is 11.8 Å². The van der Waals surface area contributed by atoms with E-state index in [4.69, 9.17) is 15.6 Å². The number of piperidine rings is 1. The predicted molar refractivity (Wildman–Crippen MR) is 95.0 cm³/mol. The number of carbonyl (C=O) groups is 4. The molecule has 27 heavy (non-hydrogen) atoms. The molecule has 0 saturated carbocycles. The van der Waals surface area contributed by atoms with E-state index in [1.807, 2.05) is 0 Å². The lowest BCUT2D eigenvalue weighted by Gasteiger charge is -2.32. The Kier molecular flexibility index (Phi) is 6.75. The third kappa shape index (κ3) is 5.70. The summed E-state index contributed by atoms with van der Waals surface area (Å²) in [7, 11) is 1.51. The van der Waals surface area contributed by atoms with Crippen molar-refractivity contribution >= 4 is 23.7 Å². The first-order valence-electron chi connectivity index (χ1n) is 8.55. The Morgan fingerprint density at radius 1 is 1.26 bits per heavy atom. The molecule has 1 heterocycles. The average Bonchev–Trinajstić information content (AvgIpc) is 2.66. The van der Waals surface area contributed by atoms with E-state index >= 15 is 0 Å². The quantitative estimate of drug-likeness (QED) is 0.685. The lowest BCUT2D eigenvalue weighted by molar-refractivity contribution is -0.145. The number of aliphatic carboxylic acids is 1. The number of primary amides is 1. The summed E-state index contributed by atoms with van der Waals surface area (Å²) in [5.41, 5.74) is 5.36. The zero-order chi connectivity index (χ0) is 20.0. The van der Waals surface area contributed by atoms with Gasteiger partial charge in [0.1, 0.15) is 5.75 Å². The van der Waals surface area contributed by atoms with Crippen molar-refractivity contribution in [3.8, 4) is 5.75 Å². The van der Waals surface area contributed by atoms with Crippen LogP contribution >= 0.6 is 0 Å². The maximum absolute atomic E-state index is 12.5. The Labute approximate surface area is 156 Å². The number of nitrogens with zero attached hydrogens (tertiary/aromatic N) is 2. The molecule has 1 unspecified atom stereocenters. The number of carboxylic acid groups (broad SMARTS) is 1. The van der Waals surface area contributed by atoms with Gasteiger partial charge in [0.15, 0.2) is 6.61 Å². The number of likely N-dealkylation sites (tertiary alicyclic amines) is 1. The van der Waals surface area contributed by atoms with Crippen molar-refractivity contribution in [2.45, 2.75) is 12.8 Å². The van der Waals surface area contributed by atoms with Crippen molar-refractivity contribution in [2.24, 2.45) is 11.7 Å². The molecule has 1 aliphatic heterocycles. The van der Waals surface area contributed by atoms with Crippen LogP contribution in [0.4, 0.5) is 0 Å². The van der Waals surface area contributed by atoms with Crippen molar-refractivity contribution in [1.82, 2.24) is 9.80 Å². The van der Waals surface area contributed by atoms with Gasteiger partial charge in [0, 0.05) is 25.7 Å². The first-order valence-corrected chi connectivity index (χ1v) is 8.55. The Morgan fingerprint density at radius 2 is 1.93 bits per heavy atom. The standard InChI is InChI=1S/C18H23N3O6/c1-20(10-16(23)21-8-2-3-13(9-21)18(25)26)17(24)12-4-6-14(7-5-12)27-11-15(19)22/h4-7,13H,2-3,8-11H2,1H3,(H2,19,22)(H,25,26). The molecule has 0 aliphatic carbocycles. The van der Waals surface area contributed by atoms with Crippen LogP contribution in [0.2, 0.25) is 0 Å². The molecule has 0 radical (unpaired) electrons. The summed E-state index contributed by atoms with van der Waals surface area (Å²) < 4.78 is 5.13. The van der Waals surface area contributed by atoms with Crippen LogP contribution in [0.5, 0.6) is 5.75 Å². The van der Waals surface area contributed by atoms with Gasteiger partial charge in [-0.3, -0.25) is 19.2 Å². The molecule has 3 amide bonds. The van der Waals surface area contributed by atoms with Gasteiger partial charge in [-0.05, 0) is 37.1 Å². The highest BCUT2D eigenvalue weighted by molar-refractivity contribution is 5.96. The maximum atomic E-state index is 12.5. The zero-order valence-electron chi connectivity index (χ0n) is 15.1. The van der Waals surface area contributed by atoms with Crippen molar-refractivity contribution in [2.75, 3.05) is 33.3 Å². The summed E-state index contributed by atoms with van der Waals surface area (Å²) in [6, 6.07) is 6.13. The van der Waals surface area contributed by atoms with Crippen molar-refractivity contribution in [1.29, 1.82) is 0 Å². The normalized spacial score (nSPS) is 16.5. The van der Waals surface area contributed by atoms with Crippen LogP contribution in [0, 0.1) is 5.92 Å². The number of carboxylic acids is 1. The van der Waals surface area contributed by atoms with Crippen LogP contribution in [-0.2, 0) is 14.4 Å². The Morgan fingerprint density at radius 3 is 2.52 bits per heavy atom. The molecule has 0 aromatic heterocycles. The fourth-order valence-electron chi connectivity index (χ4n) is 2.85. The van der Waals surface area contributed by atoms with Crippen LogP contribution in [0.1, 0.15) is 23.2 Å². The molecule has 0 spiro atoms. The second kappa shape index (κ2) is 9.02. The number of carbonyl (C=O) groups excluding carboxylic acids is 3. The van der Waals surface area contributed by atoms with E-state index in [1.54, 1.807) is 0 Å². The molecule has 1 aliphatic rings. The Bertz CT molecular complexity index is 718. The molecule has 2 rings (SSSR count). The summed E-state index contributed by atoms with van der Waals surface area (Å²) in [5, 5.41) is 9.11. The minimum absolute atomic E-state index is 0.134. The molecule has 1 aromatic carbocycles. The van der Waals surface area contributed by atoms with Crippen LogP contribution in [0.3, 0.4) is 0 Å². The van der Waals surface area contributed by atoms with Crippen LogP contribution in [0.25, 0.3) is 0 Å². The summed E-state index contributed by atoms with van der Waals surface area (Å²) in [4.78, 5) is 49.4. The fraction of sp³-hybridized carbons (Fsp3) is 0.444. The number of rotatable bonds is 7. The Balaban J connectivity index is 1.91. The van der Waals surface area contributed by atoms with Crippen molar-refractivity contribution in [3.63, 3.8) is 0 Å². The molecular formula is C18H23N3O6. The van der Waals surface area contributed by atoms with Gasteiger partial charge >= 0.3 is 5.97 Å². The molecule has 1 saturated heterocycles. The van der Waals surface area contributed by atoms with Gasteiger partial charge in [0.2, 0.25) is 5.91 Å². The topological polar surface area (TPSA) is 130 Å². The van der Waals surface area contributed by atoms with E-state index in [0.717, 1.165) is 0 Å². The average molecular weight is 377 g/mol. The second-order valence-electron chi connectivity index (χ2n) is 6.46. The molecule has 1 fully saturated rings. The van der Waals surface area contributed by atoms with Gasteiger partial charge in [0.05, 0.1) is 12.5 Å².